The highest BCUT2D eigenvalue weighted by Crippen LogP contribution is 2.28. The van der Waals surface area contributed by atoms with Crippen molar-refractivity contribution in [3.8, 4) is 11.5 Å². The monoisotopic (exact) mass is 488 g/mol. The summed E-state index contributed by atoms with van der Waals surface area (Å²) in [6, 6.07) is 11.6. The predicted octanol–water partition coefficient (Wildman–Crippen LogP) is 3.92. The summed E-state index contributed by atoms with van der Waals surface area (Å²) in [6.45, 7) is 2.80. The SMILES string of the molecule is CCOc1cc(C(=O)NCCNC(=O)c2ccc(O[C@H]3CC[C@@H](C(=O)O)CC3)cc2)ccc1Cl. The first-order valence-electron chi connectivity index (χ1n) is 11.4. The lowest BCUT2D eigenvalue weighted by Crippen LogP contribution is -2.34. The summed E-state index contributed by atoms with van der Waals surface area (Å²) in [6.07, 6.45) is 2.62. The molecule has 0 aromatic heterocycles. The van der Waals surface area contributed by atoms with E-state index < -0.39 is 5.97 Å². The largest absolute Gasteiger partial charge is 0.492 e. The number of halogens is 1. The van der Waals surface area contributed by atoms with E-state index in [4.69, 9.17) is 26.2 Å². The highest BCUT2D eigenvalue weighted by atomic mass is 35.5. The Morgan fingerprint density at radius 2 is 1.53 bits per heavy atom. The Hall–Kier alpha value is -3.26. The summed E-state index contributed by atoms with van der Waals surface area (Å²) in [5.74, 6) is -0.468. The van der Waals surface area contributed by atoms with E-state index in [1.807, 2.05) is 6.92 Å². The summed E-state index contributed by atoms with van der Waals surface area (Å²) in [4.78, 5) is 35.7. The number of benzene rings is 2. The lowest BCUT2D eigenvalue weighted by atomic mass is 9.87. The summed E-state index contributed by atoms with van der Waals surface area (Å²) in [7, 11) is 0. The first kappa shape index (κ1) is 25.4. The lowest BCUT2D eigenvalue weighted by molar-refractivity contribution is -0.143. The Bertz CT molecular complexity index is 1000. The van der Waals surface area contributed by atoms with Gasteiger partial charge in [-0.2, -0.15) is 0 Å². The summed E-state index contributed by atoms with van der Waals surface area (Å²) >= 11 is 6.04. The molecule has 0 saturated heterocycles. The summed E-state index contributed by atoms with van der Waals surface area (Å²) in [5.41, 5.74) is 0.901. The van der Waals surface area contributed by atoms with E-state index in [2.05, 4.69) is 10.6 Å². The summed E-state index contributed by atoms with van der Waals surface area (Å²) in [5, 5.41) is 15.0. The third-order valence-electron chi connectivity index (χ3n) is 5.63. The number of aliphatic carboxylic acids is 1. The molecule has 0 aliphatic heterocycles. The molecule has 1 saturated carbocycles. The van der Waals surface area contributed by atoms with Crippen LogP contribution in [0.25, 0.3) is 0 Å². The van der Waals surface area contributed by atoms with Gasteiger partial charge in [-0.25, -0.2) is 0 Å². The number of hydrogen-bond acceptors (Lipinski definition) is 5. The van der Waals surface area contributed by atoms with Crippen LogP contribution in [-0.2, 0) is 4.79 Å². The highest BCUT2D eigenvalue weighted by molar-refractivity contribution is 6.32. The van der Waals surface area contributed by atoms with Crippen molar-refractivity contribution >= 4 is 29.4 Å². The van der Waals surface area contributed by atoms with Gasteiger partial charge in [-0.1, -0.05) is 11.6 Å². The van der Waals surface area contributed by atoms with Crippen LogP contribution in [0.5, 0.6) is 11.5 Å². The van der Waals surface area contributed by atoms with Crippen molar-refractivity contribution in [1.82, 2.24) is 10.6 Å². The van der Waals surface area contributed by atoms with Crippen LogP contribution in [0.4, 0.5) is 0 Å². The lowest BCUT2D eigenvalue weighted by Gasteiger charge is -2.26. The zero-order valence-corrected chi connectivity index (χ0v) is 19.8. The van der Waals surface area contributed by atoms with E-state index in [-0.39, 0.29) is 36.9 Å². The maximum atomic E-state index is 12.4. The van der Waals surface area contributed by atoms with Crippen LogP contribution in [0.15, 0.2) is 42.5 Å². The first-order valence-corrected chi connectivity index (χ1v) is 11.7. The van der Waals surface area contributed by atoms with E-state index in [9.17, 15) is 14.4 Å². The molecule has 1 aliphatic rings. The van der Waals surface area contributed by atoms with E-state index in [1.165, 1.54) is 0 Å². The zero-order chi connectivity index (χ0) is 24.5. The number of nitrogens with one attached hydrogen (secondary N) is 2. The quantitative estimate of drug-likeness (QED) is 0.437. The standard InChI is InChI=1S/C25H29ClN2O6/c1-2-33-22-15-18(7-12-21(22)26)24(30)28-14-13-27-23(29)16-3-8-19(9-4-16)34-20-10-5-17(6-11-20)25(31)32/h3-4,7-9,12,15,17,20H,2,5-6,10-11,13-14H2,1H3,(H,27,29)(H,28,30)(H,31,32)/t17-,20+. The van der Waals surface area contributed by atoms with Crippen LogP contribution in [0.3, 0.4) is 0 Å². The van der Waals surface area contributed by atoms with Gasteiger partial charge in [0.2, 0.25) is 0 Å². The molecule has 0 atom stereocenters. The number of rotatable bonds is 10. The fourth-order valence-corrected chi connectivity index (χ4v) is 3.94. The van der Waals surface area contributed by atoms with Crippen LogP contribution >= 0.6 is 11.6 Å². The van der Waals surface area contributed by atoms with E-state index in [0.717, 1.165) is 0 Å². The molecule has 1 aliphatic carbocycles. The number of carbonyl (C=O) groups is 3. The van der Waals surface area contributed by atoms with Gasteiger partial charge in [0, 0.05) is 24.2 Å². The molecular formula is C25H29ClN2O6. The second kappa shape index (κ2) is 12.3. The molecule has 0 heterocycles. The van der Waals surface area contributed by atoms with Gasteiger partial charge in [-0.15, -0.1) is 0 Å². The van der Waals surface area contributed by atoms with Crippen molar-refractivity contribution in [2.24, 2.45) is 5.92 Å². The average Bonchev–Trinajstić information content (AvgIpc) is 2.84. The van der Waals surface area contributed by atoms with Crippen LogP contribution in [-0.4, -0.2) is 48.7 Å². The number of carbonyl (C=O) groups excluding carboxylic acids is 2. The Balaban J connectivity index is 1.40. The van der Waals surface area contributed by atoms with Crippen LogP contribution in [0.2, 0.25) is 5.02 Å². The average molecular weight is 489 g/mol. The van der Waals surface area contributed by atoms with Crippen molar-refractivity contribution in [2.75, 3.05) is 19.7 Å². The molecule has 9 heteroatoms. The van der Waals surface area contributed by atoms with Gasteiger partial charge < -0.3 is 25.2 Å². The second-order valence-corrected chi connectivity index (χ2v) is 8.45. The number of carboxylic acid groups (broad SMARTS) is 1. The normalized spacial score (nSPS) is 17.5. The van der Waals surface area contributed by atoms with E-state index in [0.29, 0.717) is 59.9 Å². The Labute approximate surface area is 203 Å². The minimum Gasteiger partial charge on any atom is -0.492 e. The maximum Gasteiger partial charge on any atom is 0.306 e. The van der Waals surface area contributed by atoms with Crippen molar-refractivity contribution in [2.45, 2.75) is 38.7 Å². The number of hydrogen-bond donors (Lipinski definition) is 3. The van der Waals surface area contributed by atoms with E-state index >= 15 is 0 Å². The molecule has 2 aromatic rings. The molecule has 3 N–H and O–H groups in total. The highest BCUT2D eigenvalue weighted by Gasteiger charge is 2.26. The molecule has 2 aromatic carbocycles. The predicted molar refractivity (Wildman–Crippen MR) is 128 cm³/mol. The van der Waals surface area contributed by atoms with Gasteiger partial charge in [0.1, 0.15) is 11.5 Å². The molecule has 0 bridgehead atoms. The number of carboxylic acids is 1. The van der Waals surface area contributed by atoms with Gasteiger partial charge >= 0.3 is 5.97 Å². The molecule has 3 rings (SSSR count). The molecule has 34 heavy (non-hydrogen) atoms. The molecular weight excluding hydrogens is 460 g/mol. The van der Waals surface area contributed by atoms with Crippen molar-refractivity contribution in [3.05, 3.63) is 58.6 Å². The van der Waals surface area contributed by atoms with Gasteiger partial charge in [-0.05, 0) is 75.1 Å². The van der Waals surface area contributed by atoms with Crippen LogP contribution < -0.4 is 20.1 Å². The molecule has 2 amide bonds. The Morgan fingerprint density at radius 1 is 0.941 bits per heavy atom. The minimum atomic E-state index is -0.742. The maximum absolute atomic E-state index is 12.4. The fraction of sp³-hybridized carbons (Fsp3) is 0.400. The van der Waals surface area contributed by atoms with Gasteiger partial charge in [0.05, 0.1) is 23.7 Å². The third-order valence-corrected chi connectivity index (χ3v) is 5.94. The molecule has 182 valence electrons. The minimum absolute atomic E-state index is 0.0101. The van der Waals surface area contributed by atoms with E-state index in [1.54, 1.807) is 42.5 Å². The smallest absolute Gasteiger partial charge is 0.306 e. The summed E-state index contributed by atoms with van der Waals surface area (Å²) < 4.78 is 11.3. The Kier molecular flexibility index (Phi) is 9.16. The Morgan fingerprint density at radius 3 is 2.12 bits per heavy atom. The van der Waals surface area contributed by atoms with Gasteiger partial charge in [-0.3, -0.25) is 14.4 Å². The molecule has 1 fully saturated rings. The zero-order valence-electron chi connectivity index (χ0n) is 19.0. The molecule has 0 unspecified atom stereocenters. The van der Waals surface area contributed by atoms with Crippen molar-refractivity contribution in [3.63, 3.8) is 0 Å². The third kappa shape index (κ3) is 7.12. The van der Waals surface area contributed by atoms with Gasteiger partial charge in [0.25, 0.3) is 11.8 Å². The number of amides is 2. The van der Waals surface area contributed by atoms with Crippen LogP contribution in [0, 0.1) is 5.92 Å². The van der Waals surface area contributed by atoms with Gasteiger partial charge in [0.15, 0.2) is 0 Å². The second-order valence-electron chi connectivity index (χ2n) is 8.04. The number of ether oxygens (including phenoxy) is 2. The molecule has 8 nitrogen and oxygen atoms in total. The fourth-order valence-electron chi connectivity index (χ4n) is 3.77. The van der Waals surface area contributed by atoms with Crippen LogP contribution in [0.1, 0.15) is 53.3 Å². The van der Waals surface area contributed by atoms with Crippen molar-refractivity contribution < 1.29 is 29.0 Å². The first-order chi connectivity index (χ1) is 16.4. The molecule has 0 spiro atoms. The molecule has 0 radical (unpaired) electrons. The van der Waals surface area contributed by atoms with Crippen molar-refractivity contribution in [1.29, 1.82) is 0 Å². The topological polar surface area (TPSA) is 114 Å².